The van der Waals surface area contributed by atoms with Crippen LogP contribution in [0.3, 0.4) is 0 Å². The van der Waals surface area contributed by atoms with Gasteiger partial charge in [-0.3, -0.25) is 9.69 Å². The van der Waals surface area contributed by atoms with Crippen LogP contribution in [-0.2, 0) is 9.53 Å². The number of hydrogen-bond donors (Lipinski definition) is 1. The molecular weight excluding hydrogens is 246 g/mol. The van der Waals surface area contributed by atoms with Gasteiger partial charge in [0.05, 0.1) is 0 Å². The van der Waals surface area contributed by atoms with Gasteiger partial charge in [-0.05, 0) is 24.3 Å². The number of hydrogen-bond acceptors (Lipinski definition) is 3. The Labute approximate surface area is 103 Å². The Hall–Kier alpha value is -1.75. The van der Waals surface area contributed by atoms with Crippen molar-refractivity contribution in [2.24, 2.45) is 5.92 Å². The summed E-state index contributed by atoms with van der Waals surface area (Å²) in [6.45, 7) is 0.0219. The highest BCUT2D eigenvalue weighted by Gasteiger charge is 2.32. The number of anilines is 1. The van der Waals surface area contributed by atoms with Crippen molar-refractivity contribution >= 4 is 29.4 Å². The molecule has 1 fully saturated rings. The number of carbonyl (C=O) groups is 2. The highest BCUT2D eigenvalue weighted by atomic mass is 35.5. The summed E-state index contributed by atoms with van der Waals surface area (Å²) in [5.41, 5.74) is 0.574. The molecule has 0 bridgehead atoms. The molecule has 0 radical (unpaired) electrons. The minimum absolute atomic E-state index is 0.0851. The third-order valence-corrected chi connectivity index (χ3v) is 2.77. The summed E-state index contributed by atoms with van der Waals surface area (Å²) in [7, 11) is 0. The van der Waals surface area contributed by atoms with Gasteiger partial charge in [0, 0.05) is 17.3 Å². The fourth-order valence-corrected chi connectivity index (χ4v) is 1.70. The average Bonchev–Trinajstić information content (AvgIpc) is 2.31. The van der Waals surface area contributed by atoms with Crippen molar-refractivity contribution in [3.63, 3.8) is 0 Å². The highest BCUT2D eigenvalue weighted by Crippen LogP contribution is 2.22. The molecule has 1 saturated heterocycles. The molecule has 1 aliphatic rings. The van der Waals surface area contributed by atoms with E-state index in [9.17, 15) is 9.59 Å². The second kappa shape index (κ2) is 4.63. The van der Waals surface area contributed by atoms with Crippen molar-refractivity contribution in [2.45, 2.75) is 0 Å². The molecule has 1 aromatic rings. The minimum Gasteiger partial charge on any atom is -0.481 e. The zero-order valence-corrected chi connectivity index (χ0v) is 9.55. The molecule has 1 amide bonds. The van der Waals surface area contributed by atoms with E-state index in [4.69, 9.17) is 21.4 Å². The fraction of sp³-hybridized carbons (Fsp3) is 0.273. The Bertz CT molecular complexity index is 445. The first-order valence-electron chi connectivity index (χ1n) is 5.00. The van der Waals surface area contributed by atoms with E-state index in [0.29, 0.717) is 10.7 Å². The number of ether oxygens (including phenoxy) is 1. The standard InChI is InChI=1S/C11H10ClNO4/c12-8-1-3-9(4-2-8)13-5-7(10(14)15)6-17-11(13)16/h1-4,7H,5-6H2,(H,14,15). The Morgan fingerprint density at radius 3 is 2.65 bits per heavy atom. The molecular formula is C11H10ClNO4. The maximum atomic E-state index is 11.5. The maximum absolute atomic E-state index is 11.5. The van der Waals surface area contributed by atoms with Crippen LogP contribution in [0.5, 0.6) is 0 Å². The second-order valence-electron chi connectivity index (χ2n) is 3.70. The van der Waals surface area contributed by atoms with Crippen LogP contribution in [0.1, 0.15) is 0 Å². The molecule has 5 nitrogen and oxygen atoms in total. The van der Waals surface area contributed by atoms with E-state index >= 15 is 0 Å². The lowest BCUT2D eigenvalue weighted by Crippen LogP contribution is -2.45. The Kier molecular flexibility index (Phi) is 3.19. The van der Waals surface area contributed by atoms with Crippen molar-refractivity contribution in [3.05, 3.63) is 29.3 Å². The lowest BCUT2D eigenvalue weighted by molar-refractivity contribution is -0.143. The monoisotopic (exact) mass is 255 g/mol. The summed E-state index contributed by atoms with van der Waals surface area (Å²) in [4.78, 5) is 23.7. The summed E-state index contributed by atoms with van der Waals surface area (Å²) < 4.78 is 4.82. The van der Waals surface area contributed by atoms with Gasteiger partial charge in [0.2, 0.25) is 0 Å². The Morgan fingerprint density at radius 1 is 1.41 bits per heavy atom. The van der Waals surface area contributed by atoms with Gasteiger partial charge in [-0.1, -0.05) is 11.6 Å². The van der Waals surface area contributed by atoms with Crippen LogP contribution >= 0.6 is 11.6 Å². The number of carboxylic acid groups (broad SMARTS) is 1. The van der Waals surface area contributed by atoms with Crippen molar-refractivity contribution < 1.29 is 19.4 Å². The molecule has 1 unspecified atom stereocenters. The van der Waals surface area contributed by atoms with Crippen LogP contribution < -0.4 is 4.90 Å². The molecule has 1 atom stereocenters. The van der Waals surface area contributed by atoms with E-state index in [1.165, 1.54) is 4.90 Å². The first kappa shape index (κ1) is 11.7. The van der Waals surface area contributed by atoms with E-state index in [1.807, 2.05) is 0 Å². The predicted octanol–water partition coefficient (Wildman–Crippen LogP) is 2.00. The second-order valence-corrected chi connectivity index (χ2v) is 4.14. The van der Waals surface area contributed by atoms with E-state index in [1.54, 1.807) is 24.3 Å². The first-order chi connectivity index (χ1) is 8.08. The average molecular weight is 256 g/mol. The summed E-state index contributed by atoms with van der Waals surface area (Å²) in [5, 5.41) is 9.44. The predicted molar refractivity (Wildman–Crippen MR) is 61.3 cm³/mol. The molecule has 17 heavy (non-hydrogen) atoms. The van der Waals surface area contributed by atoms with Gasteiger partial charge in [-0.2, -0.15) is 0 Å². The number of aliphatic carboxylic acids is 1. The summed E-state index contributed by atoms with van der Waals surface area (Å²) >= 11 is 5.74. The smallest absolute Gasteiger partial charge is 0.414 e. The van der Waals surface area contributed by atoms with Crippen molar-refractivity contribution in [1.82, 2.24) is 0 Å². The van der Waals surface area contributed by atoms with Gasteiger partial charge in [0.25, 0.3) is 0 Å². The van der Waals surface area contributed by atoms with Gasteiger partial charge < -0.3 is 9.84 Å². The normalized spacial score (nSPS) is 19.9. The fourth-order valence-electron chi connectivity index (χ4n) is 1.58. The van der Waals surface area contributed by atoms with Crippen LogP contribution in [0, 0.1) is 5.92 Å². The lowest BCUT2D eigenvalue weighted by Gasteiger charge is -2.30. The number of nitrogens with zero attached hydrogens (tertiary/aromatic N) is 1. The van der Waals surface area contributed by atoms with Crippen molar-refractivity contribution in [1.29, 1.82) is 0 Å². The van der Waals surface area contributed by atoms with E-state index < -0.39 is 18.0 Å². The van der Waals surface area contributed by atoms with Crippen molar-refractivity contribution in [2.75, 3.05) is 18.1 Å². The van der Waals surface area contributed by atoms with Gasteiger partial charge >= 0.3 is 12.1 Å². The summed E-state index contributed by atoms with van der Waals surface area (Å²) in [5.74, 6) is -1.68. The number of halogens is 1. The Balaban J connectivity index is 2.20. The zero-order valence-electron chi connectivity index (χ0n) is 8.80. The van der Waals surface area contributed by atoms with E-state index in [2.05, 4.69) is 0 Å². The first-order valence-corrected chi connectivity index (χ1v) is 5.38. The highest BCUT2D eigenvalue weighted by molar-refractivity contribution is 6.30. The lowest BCUT2D eigenvalue weighted by atomic mass is 10.1. The minimum atomic E-state index is -0.975. The van der Waals surface area contributed by atoms with Crippen LogP contribution in [0.25, 0.3) is 0 Å². The topological polar surface area (TPSA) is 66.8 Å². The van der Waals surface area contributed by atoms with Gasteiger partial charge in [-0.25, -0.2) is 4.79 Å². The molecule has 1 aliphatic heterocycles. The molecule has 0 aliphatic carbocycles. The zero-order chi connectivity index (χ0) is 12.4. The van der Waals surface area contributed by atoms with Crippen molar-refractivity contribution in [3.8, 4) is 0 Å². The number of rotatable bonds is 2. The third-order valence-electron chi connectivity index (χ3n) is 2.52. The van der Waals surface area contributed by atoms with E-state index in [0.717, 1.165) is 0 Å². The van der Waals surface area contributed by atoms with E-state index in [-0.39, 0.29) is 13.2 Å². The number of amides is 1. The molecule has 1 aromatic carbocycles. The number of carboxylic acids is 1. The quantitative estimate of drug-likeness (QED) is 0.878. The van der Waals surface area contributed by atoms with Crippen LogP contribution in [0.2, 0.25) is 5.02 Å². The summed E-state index contributed by atoms with van der Waals surface area (Å²) in [6.07, 6.45) is -0.537. The largest absolute Gasteiger partial charge is 0.481 e. The number of benzene rings is 1. The Morgan fingerprint density at radius 2 is 2.06 bits per heavy atom. The third kappa shape index (κ3) is 2.50. The van der Waals surface area contributed by atoms with Gasteiger partial charge in [-0.15, -0.1) is 0 Å². The van der Waals surface area contributed by atoms with Crippen LogP contribution in [0.15, 0.2) is 24.3 Å². The summed E-state index contributed by atoms with van der Waals surface area (Å²) in [6, 6.07) is 6.56. The molecule has 6 heteroatoms. The van der Waals surface area contributed by atoms with Gasteiger partial charge in [0.1, 0.15) is 12.5 Å². The maximum Gasteiger partial charge on any atom is 0.414 e. The van der Waals surface area contributed by atoms with Crippen LogP contribution in [-0.4, -0.2) is 30.3 Å². The molecule has 0 saturated carbocycles. The molecule has 1 N–H and O–H groups in total. The number of carbonyl (C=O) groups excluding carboxylic acids is 1. The molecule has 2 rings (SSSR count). The molecule has 1 heterocycles. The SMILES string of the molecule is O=C(O)C1COC(=O)N(c2ccc(Cl)cc2)C1. The molecule has 0 aromatic heterocycles. The number of cyclic esters (lactones) is 1. The van der Waals surface area contributed by atoms with Crippen LogP contribution in [0.4, 0.5) is 10.5 Å². The molecule has 90 valence electrons. The van der Waals surface area contributed by atoms with Gasteiger partial charge in [0.15, 0.2) is 0 Å². The molecule has 0 spiro atoms.